The van der Waals surface area contributed by atoms with E-state index in [4.69, 9.17) is 14.2 Å². The van der Waals surface area contributed by atoms with Crippen LogP contribution in [0.15, 0.2) is 47.5 Å². The summed E-state index contributed by atoms with van der Waals surface area (Å²) in [6.45, 7) is 1.13. The van der Waals surface area contributed by atoms with Crippen LogP contribution in [0.1, 0.15) is 23.2 Å². The number of guanidine groups is 1. The van der Waals surface area contributed by atoms with Crippen molar-refractivity contribution in [3.05, 3.63) is 53.8 Å². The molecule has 1 amide bonds. The Morgan fingerprint density at radius 1 is 1.17 bits per heavy atom. The van der Waals surface area contributed by atoms with Crippen molar-refractivity contribution in [1.29, 1.82) is 0 Å². The number of carbonyl (C=O) groups is 1. The van der Waals surface area contributed by atoms with Crippen molar-refractivity contribution in [3.63, 3.8) is 0 Å². The van der Waals surface area contributed by atoms with Gasteiger partial charge in [-0.25, -0.2) is 9.38 Å². The fourth-order valence-corrected chi connectivity index (χ4v) is 2.89. The molecule has 1 saturated heterocycles. The molecule has 0 spiro atoms. The van der Waals surface area contributed by atoms with Crippen LogP contribution in [-0.2, 0) is 4.74 Å². The number of benzene rings is 2. The van der Waals surface area contributed by atoms with Gasteiger partial charge in [-0.1, -0.05) is 0 Å². The number of hydrogen-bond donors (Lipinski definition) is 2. The SMILES string of the molecule is COc1cc(NC(=NCC2CCCO2)NC(=O)c2ccc(F)cc2)cc(OC)c1. The Bertz CT molecular complexity index is 842. The summed E-state index contributed by atoms with van der Waals surface area (Å²) < 4.78 is 29.3. The number of halogens is 1. The Morgan fingerprint density at radius 2 is 1.86 bits per heavy atom. The molecule has 1 atom stereocenters. The molecule has 1 fully saturated rings. The van der Waals surface area contributed by atoms with Crippen LogP contribution >= 0.6 is 0 Å². The van der Waals surface area contributed by atoms with Gasteiger partial charge in [-0.2, -0.15) is 0 Å². The zero-order chi connectivity index (χ0) is 20.6. The second-order valence-electron chi connectivity index (χ2n) is 6.51. The molecule has 1 heterocycles. The first-order valence-corrected chi connectivity index (χ1v) is 9.30. The zero-order valence-electron chi connectivity index (χ0n) is 16.4. The molecule has 3 rings (SSSR count). The van der Waals surface area contributed by atoms with Gasteiger partial charge in [0.2, 0.25) is 5.96 Å². The number of nitrogens with zero attached hydrogens (tertiary/aromatic N) is 1. The highest BCUT2D eigenvalue weighted by Crippen LogP contribution is 2.25. The molecule has 154 valence electrons. The Hall–Kier alpha value is -3.13. The van der Waals surface area contributed by atoms with Crippen LogP contribution < -0.4 is 20.1 Å². The number of carbonyl (C=O) groups excluding carboxylic acids is 1. The van der Waals surface area contributed by atoms with Gasteiger partial charge in [-0.05, 0) is 37.1 Å². The second kappa shape index (κ2) is 9.88. The van der Waals surface area contributed by atoms with E-state index in [1.165, 1.54) is 24.3 Å². The average molecular weight is 401 g/mol. The molecule has 7 nitrogen and oxygen atoms in total. The van der Waals surface area contributed by atoms with Gasteiger partial charge < -0.3 is 19.5 Å². The van der Waals surface area contributed by atoms with E-state index in [-0.39, 0.29) is 12.1 Å². The molecular formula is C21H24FN3O4. The van der Waals surface area contributed by atoms with Gasteiger partial charge in [-0.3, -0.25) is 10.1 Å². The summed E-state index contributed by atoms with van der Waals surface area (Å²) in [5, 5.41) is 5.83. The van der Waals surface area contributed by atoms with E-state index in [1.54, 1.807) is 32.4 Å². The van der Waals surface area contributed by atoms with Crippen LogP contribution in [0.5, 0.6) is 11.5 Å². The first kappa shape index (κ1) is 20.6. The number of hydrogen-bond acceptors (Lipinski definition) is 5. The topological polar surface area (TPSA) is 81.2 Å². The summed E-state index contributed by atoms with van der Waals surface area (Å²) in [5.74, 6) is 0.629. The van der Waals surface area contributed by atoms with E-state index in [1.807, 2.05) is 0 Å². The molecule has 0 bridgehead atoms. The highest BCUT2D eigenvalue weighted by molar-refractivity contribution is 6.10. The molecule has 0 aliphatic carbocycles. The number of aliphatic imine (C=N–C) groups is 1. The van der Waals surface area contributed by atoms with Crippen molar-refractivity contribution in [2.45, 2.75) is 18.9 Å². The third kappa shape index (κ3) is 5.92. The fourth-order valence-electron chi connectivity index (χ4n) is 2.89. The first-order chi connectivity index (χ1) is 14.1. The molecular weight excluding hydrogens is 377 g/mol. The Balaban J connectivity index is 1.79. The summed E-state index contributed by atoms with van der Waals surface area (Å²) in [6.07, 6.45) is 1.95. The van der Waals surface area contributed by atoms with Gasteiger partial charge in [-0.15, -0.1) is 0 Å². The minimum absolute atomic E-state index is 0.0226. The normalized spacial score (nSPS) is 16.4. The van der Waals surface area contributed by atoms with Crippen molar-refractivity contribution in [2.24, 2.45) is 4.99 Å². The predicted octanol–water partition coefficient (Wildman–Crippen LogP) is 3.22. The molecule has 1 aliphatic heterocycles. The van der Waals surface area contributed by atoms with Crippen LogP contribution in [-0.4, -0.2) is 45.3 Å². The Morgan fingerprint density at radius 3 is 2.45 bits per heavy atom. The molecule has 0 saturated carbocycles. The van der Waals surface area contributed by atoms with Gasteiger partial charge in [0.15, 0.2) is 0 Å². The van der Waals surface area contributed by atoms with Crippen LogP contribution in [0.3, 0.4) is 0 Å². The maximum Gasteiger partial charge on any atom is 0.257 e. The monoisotopic (exact) mass is 401 g/mol. The molecule has 1 aliphatic rings. The van der Waals surface area contributed by atoms with E-state index in [0.29, 0.717) is 29.3 Å². The smallest absolute Gasteiger partial charge is 0.257 e. The van der Waals surface area contributed by atoms with E-state index in [2.05, 4.69) is 15.6 Å². The third-order valence-corrected chi connectivity index (χ3v) is 4.43. The fraction of sp³-hybridized carbons (Fsp3) is 0.333. The lowest BCUT2D eigenvalue weighted by Gasteiger charge is -2.15. The minimum atomic E-state index is -0.407. The number of nitrogens with one attached hydrogen (secondary N) is 2. The Labute approximate surface area is 168 Å². The summed E-state index contributed by atoms with van der Waals surface area (Å²) in [5.41, 5.74) is 0.952. The quantitative estimate of drug-likeness (QED) is 0.574. The van der Waals surface area contributed by atoms with E-state index in [0.717, 1.165) is 19.4 Å². The lowest BCUT2D eigenvalue weighted by atomic mass is 10.2. The molecule has 8 heteroatoms. The number of rotatable bonds is 6. The summed E-state index contributed by atoms with van der Waals surface area (Å²) >= 11 is 0. The molecule has 2 N–H and O–H groups in total. The van der Waals surface area contributed by atoms with Crippen LogP contribution in [0, 0.1) is 5.82 Å². The van der Waals surface area contributed by atoms with E-state index >= 15 is 0 Å². The van der Waals surface area contributed by atoms with Crippen molar-refractivity contribution < 1.29 is 23.4 Å². The largest absolute Gasteiger partial charge is 0.497 e. The lowest BCUT2D eigenvalue weighted by Crippen LogP contribution is -2.36. The lowest BCUT2D eigenvalue weighted by molar-refractivity contribution is 0.0975. The highest BCUT2D eigenvalue weighted by atomic mass is 19.1. The molecule has 0 radical (unpaired) electrons. The predicted molar refractivity (Wildman–Crippen MR) is 108 cm³/mol. The second-order valence-corrected chi connectivity index (χ2v) is 6.51. The van der Waals surface area contributed by atoms with Crippen LogP contribution in [0.4, 0.5) is 10.1 Å². The van der Waals surface area contributed by atoms with Gasteiger partial charge >= 0.3 is 0 Å². The van der Waals surface area contributed by atoms with E-state index < -0.39 is 11.7 Å². The maximum absolute atomic E-state index is 13.1. The number of anilines is 1. The van der Waals surface area contributed by atoms with Gasteiger partial charge in [0.1, 0.15) is 17.3 Å². The third-order valence-electron chi connectivity index (χ3n) is 4.43. The molecule has 1 unspecified atom stereocenters. The van der Waals surface area contributed by atoms with Gasteiger partial charge in [0.25, 0.3) is 5.91 Å². The summed E-state index contributed by atoms with van der Waals surface area (Å²) in [7, 11) is 3.11. The van der Waals surface area contributed by atoms with Crippen LogP contribution in [0.25, 0.3) is 0 Å². The maximum atomic E-state index is 13.1. The molecule has 0 aromatic heterocycles. The summed E-state index contributed by atoms with van der Waals surface area (Å²) in [4.78, 5) is 17.1. The van der Waals surface area contributed by atoms with Crippen molar-refractivity contribution in [1.82, 2.24) is 5.32 Å². The van der Waals surface area contributed by atoms with Gasteiger partial charge in [0.05, 0.1) is 26.9 Å². The van der Waals surface area contributed by atoms with Crippen molar-refractivity contribution >= 4 is 17.6 Å². The van der Waals surface area contributed by atoms with Crippen molar-refractivity contribution in [3.8, 4) is 11.5 Å². The van der Waals surface area contributed by atoms with E-state index in [9.17, 15) is 9.18 Å². The molecule has 2 aromatic carbocycles. The minimum Gasteiger partial charge on any atom is -0.497 e. The summed E-state index contributed by atoms with van der Waals surface area (Å²) in [6, 6.07) is 10.6. The van der Waals surface area contributed by atoms with Crippen molar-refractivity contribution in [2.75, 3.05) is 32.7 Å². The van der Waals surface area contributed by atoms with Crippen LogP contribution in [0.2, 0.25) is 0 Å². The zero-order valence-corrected chi connectivity index (χ0v) is 16.4. The number of ether oxygens (including phenoxy) is 3. The first-order valence-electron chi connectivity index (χ1n) is 9.30. The average Bonchev–Trinajstić information content (AvgIpc) is 3.25. The highest BCUT2D eigenvalue weighted by Gasteiger charge is 2.16. The molecule has 2 aromatic rings. The Kier molecular flexibility index (Phi) is 7.02. The van der Waals surface area contributed by atoms with Gasteiger partial charge in [0, 0.05) is 36.1 Å². The molecule has 29 heavy (non-hydrogen) atoms. The standard InChI is InChI=1S/C21H24FN3O4/c1-27-18-10-16(11-19(12-18)28-2)24-21(23-13-17-4-3-9-29-17)25-20(26)14-5-7-15(22)8-6-14/h5-8,10-12,17H,3-4,9,13H2,1-2H3,(H2,23,24,25,26). The number of amides is 1. The number of methoxy groups -OCH3 is 2.